The molecule has 0 fully saturated rings. The lowest BCUT2D eigenvalue weighted by Crippen LogP contribution is -2.18. The summed E-state index contributed by atoms with van der Waals surface area (Å²) in [5.74, 6) is 0. The van der Waals surface area contributed by atoms with Gasteiger partial charge in [-0.25, -0.2) is 0 Å². The van der Waals surface area contributed by atoms with Crippen LogP contribution in [0.3, 0.4) is 0 Å². The molecule has 1 aliphatic rings. The Kier molecular flexibility index (Phi) is 10.0. The van der Waals surface area contributed by atoms with Crippen LogP contribution in [0.15, 0.2) is 127 Å². The maximum Gasteiger partial charge on any atom is 0.0647 e. The highest BCUT2D eigenvalue weighted by molar-refractivity contribution is 7.17. The molecule has 1 heterocycles. The van der Waals surface area contributed by atoms with Gasteiger partial charge in [-0.1, -0.05) is 144 Å². The first-order valence-corrected chi connectivity index (χ1v) is 22.4. The van der Waals surface area contributed by atoms with Crippen molar-refractivity contribution in [2.24, 2.45) is 0 Å². The van der Waals surface area contributed by atoms with E-state index in [1.54, 1.807) is 0 Å². The molecular formula is C56H62N2S. The molecule has 0 amide bonds. The molecule has 0 radical (unpaired) electrons. The van der Waals surface area contributed by atoms with Crippen molar-refractivity contribution >= 4 is 55.5 Å². The number of rotatable bonds is 7. The first-order chi connectivity index (χ1) is 27.8. The summed E-state index contributed by atoms with van der Waals surface area (Å²) in [6.45, 7) is 30.0. The molecule has 0 unspecified atom stereocenters. The Balaban J connectivity index is 1.38. The molecule has 0 atom stereocenters. The maximum atomic E-state index is 2.56. The van der Waals surface area contributed by atoms with Crippen LogP contribution in [-0.2, 0) is 28.1 Å². The molecule has 2 nitrogen and oxygen atoms in total. The average molecular weight is 795 g/mol. The van der Waals surface area contributed by atoms with Crippen LogP contribution in [-0.4, -0.2) is 0 Å². The molecule has 7 aromatic rings. The molecule has 0 N–H and O–H groups in total. The largest absolute Gasteiger partial charge is 0.310 e. The van der Waals surface area contributed by atoms with Crippen molar-refractivity contribution < 1.29 is 0 Å². The van der Waals surface area contributed by atoms with Crippen molar-refractivity contribution in [2.45, 2.75) is 118 Å². The molecule has 302 valence electrons. The number of hydrogen-bond acceptors (Lipinski definition) is 3. The molecule has 0 saturated heterocycles. The van der Waals surface area contributed by atoms with E-state index >= 15 is 0 Å². The van der Waals surface area contributed by atoms with Gasteiger partial charge in [0.2, 0.25) is 0 Å². The van der Waals surface area contributed by atoms with Crippen LogP contribution in [0, 0.1) is 6.92 Å². The van der Waals surface area contributed by atoms with E-state index < -0.39 is 0 Å². The smallest absolute Gasteiger partial charge is 0.0647 e. The first-order valence-electron chi connectivity index (χ1n) is 21.5. The van der Waals surface area contributed by atoms with Gasteiger partial charge in [0.15, 0.2) is 0 Å². The Bertz CT molecular complexity index is 2600. The highest BCUT2D eigenvalue weighted by Crippen LogP contribution is 2.54. The average Bonchev–Trinajstić information content (AvgIpc) is 3.69. The molecule has 6 aromatic carbocycles. The second-order valence-corrected chi connectivity index (χ2v) is 21.3. The second kappa shape index (κ2) is 14.6. The van der Waals surface area contributed by atoms with Crippen molar-refractivity contribution in [3.05, 3.63) is 166 Å². The van der Waals surface area contributed by atoms with Crippen molar-refractivity contribution in [3.8, 4) is 11.1 Å². The highest BCUT2D eigenvalue weighted by Gasteiger charge is 2.36. The Morgan fingerprint density at radius 1 is 0.508 bits per heavy atom. The van der Waals surface area contributed by atoms with Gasteiger partial charge in [-0.15, -0.1) is 11.3 Å². The van der Waals surface area contributed by atoms with Crippen molar-refractivity contribution in [3.63, 3.8) is 0 Å². The molecule has 0 bridgehead atoms. The number of aryl methyl sites for hydroxylation is 1. The van der Waals surface area contributed by atoms with E-state index in [1.165, 1.54) is 82.9 Å². The van der Waals surface area contributed by atoms with Gasteiger partial charge in [-0.3, -0.25) is 0 Å². The minimum atomic E-state index is -0.0484. The van der Waals surface area contributed by atoms with E-state index in [9.17, 15) is 0 Å². The zero-order chi connectivity index (χ0) is 42.2. The summed E-state index contributed by atoms with van der Waals surface area (Å²) < 4.78 is 1.32. The number of fused-ring (bicyclic) bond motifs is 4. The molecule has 0 aliphatic heterocycles. The van der Waals surface area contributed by atoms with Crippen molar-refractivity contribution in [1.82, 2.24) is 0 Å². The van der Waals surface area contributed by atoms with E-state index in [2.05, 4.69) is 227 Å². The summed E-state index contributed by atoms with van der Waals surface area (Å²) in [6.07, 6.45) is 0.858. The lowest BCUT2D eigenvalue weighted by molar-refractivity contribution is 0.590. The zero-order valence-electron chi connectivity index (χ0n) is 37.6. The van der Waals surface area contributed by atoms with E-state index in [0.29, 0.717) is 0 Å². The number of benzene rings is 6. The van der Waals surface area contributed by atoms with Gasteiger partial charge in [0.1, 0.15) is 0 Å². The predicted molar refractivity (Wildman–Crippen MR) is 259 cm³/mol. The lowest BCUT2D eigenvalue weighted by Gasteiger charge is -2.34. The highest BCUT2D eigenvalue weighted by atomic mass is 32.1. The first kappa shape index (κ1) is 40.7. The maximum absolute atomic E-state index is 2.56. The number of thiophene rings is 1. The van der Waals surface area contributed by atoms with Crippen molar-refractivity contribution in [1.29, 1.82) is 0 Å². The molecule has 1 aromatic heterocycles. The third kappa shape index (κ3) is 7.31. The monoisotopic (exact) mass is 794 g/mol. The van der Waals surface area contributed by atoms with Crippen LogP contribution in [0.4, 0.5) is 34.1 Å². The van der Waals surface area contributed by atoms with Crippen molar-refractivity contribution in [2.75, 3.05) is 9.80 Å². The standard InChI is InChI=1S/C56H62N2S/c1-14-43-49(57(40-25-19-37(20-26-40)53(3,4)5)41-27-21-38(22-28-41)54(6,7)8)31-36(2)32-50(43)58(42-29-23-39(24-30-42)55(9,10)11)51-35-59-52-34-48-45(33-46(51)52)44-17-15-16-18-47(44)56(48,12)13/h15-35H,14H2,1-13H3. The summed E-state index contributed by atoms with van der Waals surface area (Å²) in [7, 11) is 0. The van der Waals surface area contributed by atoms with E-state index in [0.717, 1.165) is 17.8 Å². The minimum Gasteiger partial charge on any atom is -0.310 e. The van der Waals surface area contributed by atoms with Gasteiger partial charge in [0, 0.05) is 37.9 Å². The van der Waals surface area contributed by atoms with Crippen LogP contribution < -0.4 is 9.80 Å². The predicted octanol–water partition coefficient (Wildman–Crippen LogP) is 16.9. The molecular weight excluding hydrogens is 733 g/mol. The van der Waals surface area contributed by atoms with Gasteiger partial charge in [0.05, 0.1) is 17.1 Å². The molecule has 3 heteroatoms. The summed E-state index contributed by atoms with van der Waals surface area (Å²) in [5, 5.41) is 3.69. The molecule has 0 saturated carbocycles. The fraction of sp³-hybridized carbons (Fsp3) is 0.321. The Morgan fingerprint density at radius 3 is 1.44 bits per heavy atom. The molecule has 1 aliphatic carbocycles. The van der Waals surface area contributed by atoms with Crippen LogP contribution in [0.5, 0.6) is 0 Å². The van der Waals surface area contributed by atoms with Gasteiger partial charge in [0.25, 0.3) is 0 Å². The fourth-order valence-electron chi connectivity index (χ4n) is 9.09. The van der Waals surface area contributed by atoms with Gasteiger partial charge in [-0.05, 0) is 140 Å². The number of nitrogens with zero attached hydrogens (tertiary/aromatic N) is 2. The van der Waals surface area contributed by atoms with Gasteiger partial charge >= 0.3 is 0 Å². The third-order valence-corrected chi connectivity index (χ3v) is 13.6. The van der Waals surface area contributed by atoms with Crippen LogP contribution >= 0.6 is 11.3 Å². The zero-order valence-corrected chi connectivity index (χ0v) is 38.5. The fourth-order valence-corrected chi connectivity index (χ4v) is 10.0. The van der Waals surface area contributed by atoms with E-state index in [1.807, 2.05) is 11.3 Å². The van der Waals surface area contributed by atoms with E-state index in [4.69, 9.17) is 0 Å². The summed E-state index contributed by atoms with van der Waals surface area (Å²) >= 11 is 1.86. The second-order valence-electron chi connectivity index (χ2n) is 20.4. The van der Waals surface area contributed by atoms with E-state index in [-0.39, 0.29) is 21.7 Å². The molecule has 59 heavy (non-hydrogen) atoms. The van der Waals surface area contributed by atoms with Gasteiger partial charge in [-0.2, -0.15) is 0 Å². The van der Waals surface area contributed by atoms with Crippen LogP contribution in [0.25, 0.3) is 21.2 Å². The summed E-state index contributed by atoms with van der Waals surface area (Å²) in [6, 6.07) is 46.6. The number of anilines is 6. The normalized spacial score (nSPS) is 13.7. The van der Waals surface area contributed by atoms with Gasteiger partial charge < -0.3 is 9.80 Å². The quantitative estimate of drug-likeness (QED) is 0.159. The molecule has 0 spiro atoms. The third-order valence-electron chi connectivity index (χ3n) is 12.7. The Hall–Kier alpha value is -5.12. The Labute approximate surface area is 358 Å². The lowest BCUT2D eigenvalue weighted by atomic mass is 9.82. The summed E-state index contributed by atoms with van der Waals surface area (Å²) in [4.78, 5) is 5.05. The van der Waals surface area contributed by atoms with Crippen LogP contribution in [0.2, 0.25) is 0 Å². The Morgan fingerprint density at radius 2 is 0.966 bits per heavy atom. The number of hydrogen-bond donors (Lipinski definition) is 0. The molecule has 8 rings (SSSR count). The minimum absolute atomic E-state index is 0.0484. The topological polar surface area (TPSA) is 6.48 Å². The summed E-state index contributed by atoms with van der Waals surface area (Å²) in [5.41, 5.74) is 19.3. The van der Waals surface area contributed by atoms with Crippen LogP contribution in [0.1, 0.15) is 122 Å². The SMILES string of the molecule is CCc1c(N(c2ccc(C(C)(C)C)cc2)c2ccc(C(C)(C)C)cc2)cc(C)cc1N(c1ccc(C(C)(C)C)cc1)c1csc2cc3c(cc12)-c1ccccc1C3(C)C.